The van der Waals surface area contributed by atoms with Gasteiger partial charge in [-0.05, 0) is 37.1 Å². The number of piperidine rings is 1. The Hall–Kier alpha value is -2.94. The molecular weight excluding hydrogens is 392 g/mol. The van der Waals surface area contributed by atoms with Crippen molar-refractivity contribution in [2.45, 2.75) is 18.8 Å². The molecule has 5 rings (SSSR count). The number of para-hydroxylation sites is 2. The second-order valence-electron chi connectivity index (χ2n) is 7.40. The molecule has 1 amide bonds. The minimum absolute atomic E-state index is 0.0434. The van der Waals surface area contributed by atoms with Crippen LogP contribution in [0.3, 0.4) is 0 Å². The van der Waals surface area contributed by atoms with Gasteiger partial charge in [-0.2, -0.15) is 0 Å². The van der Waals surface area contributed by atoms with E-state index in [9.17, 15) is 13.2 Å². The molecular formula is C20H20N4O4S. The molecule has 0 atom stereocenters. The molecule has 1 aromatic carbocycles. The molecule has 1 saturated heterocycles. The van der Waals surface area contributed by atoms with Gasteiger partial charge in [-0.15, -0.1) is 4.40 Å². The van der Waals surface area contributed by atoms with Gasteiger partial charge in [0.05, 0.1) is 11.3 Å². The van der Waals surface area contributed by atoms with Crippen LogP contribution in [-0.2, 0) is 14.8 Å². The molecule has 0 spiro atoms. The number of hydrogen-bond acceptors (Lipinski definition) is 6. The zero-order chi connectivity index (χ0) is 20.0. The first-order chi connectivity index (χ1) is 14.0. The molecule has 8 nitrogen and oxygen atoms in total. The Bertz CT molecular complexity index is 1140. The summed E-state index contributed by atoms with van der Waals surface area (Å²) in [5.74, 6) is 0.872. The van der Waals surface area contributed by atoms with Crippen LogP contribution < -0.4 is 0 Å². The fraction of sp³-hybridized carbons (Fsp3) is 0.350. The lowest BCUT2D eigenvalue weighted by Gasteiger charge is -2.34. The molecule has 29 heavy (non-hydrogen) atoms. The van der Waals surface area contributed by atoms with Gasteiger partial charge in [-0.1, -0.05) is 12.1 Å². The number of carbonyl (C=O) groups is 1. The van der Waals surface area contributed by atoms with Crippen molar-refractivity contribution in [3.8, 4) is 0 Å². The van der Waals surface area contributed by atoms with Crippen molar-refractivity contribution >= 4 is 32.9 Å². The topological polar surface area (TPSA) is 96.1 Å². The van der Waals surface area contributed by atoms with E-state index in [0.717, 1.165) is 23.9 Å². The van der Waals surface area contributed by atoms with Crippen LogP contribution in [0.1, 0.15) is 24.7 Å². The van der Waals surface area contributed by atoms with Gasteiger partial charge >= 0.3 is 0 Å². The molecule has 3 aliphatic rings. The summed E-state index contributed by atoms with van der Waals surface area (Å²) < 4.78 is 33.6. The summed E-state index contributed by atoms with van der Waals surface area (Å²) >= 11 is 0. The number of oxazole rings is 1. The normalized spacial score (nSPS) is 21.7. The summed E-state index contributed by atoms with van der Waals surface area (Å²) in [7, 11) is -3.53. The number of benzene rings is 1. The number of nitrogens with zero attached hydrogens (tertiary/aromatic N) is 4. The molecule has 150 valence electrons. The summed E-state index contributed by atoms with van der Waals surface area (Å²) in [6, 6.07) is 7.68. The minimum Gasteiger partial charge on any atom is -0.440 e. The third-order valence-electron chi connectivity index (χ3n) is 5.53. The standard InChI is InChI=1S/C20H20N4O4S/c25-20(15-4-3-9-23-12-13-29(26,27)22-18(15)23)24-10-7-14(8-11-24)19-21-16-5-1-2-6-17(16)28-19/h1-6,9,14H,7-8,10-13H2. The van der Waals surface area contributed by atoms with Gasteiger partial charge in [0.25, 0.3) is 15.9 Å². The highest BCUT2D eigenvalue weighted by Gasteiger charge is 2.34. The lowest BCUT2D eigenvalue weighted by atomic mass is 9.96. The monoisotopic (exact) mass is 412 g/mol. The second kappa shape index (κ2) is 6.84. The van der Waals surface area contributed by atoms with Crippen molar-refractivity contribution in [2.24, 2.45) is 4.40 Å². The molecule has 9 heteroatoms. The maximum Gasteiger partial charge on any atom is 0.257 e. The van der Waals surface area contributed by atoms with Crippen molar-refractivity contribution in [1.29, 1.82) is 0 Å². The van der Waals surface area contributed by atoms with E-state index in [1.54, 1.807) is 28.2 Å². The lowest BCUT2D eigenvalue weighted by molar-refractivity contribution is -0.127. The number of amides is 1. The largest absolute Gasteiger partial charge is 0.440 e. The van der Waals surface area contributed by atoms with Crippen LogP contribution in [0.5, 0.6) is 0 Å². The first-order valence-corrected chi connectivity index (χ1v) is 11.2. The van der Waals surface area contributed by atoms with Crippen molar-refractivity contribution in [2.75, 3.05) is 25.4 Å². The van der Waals surface area contributed by atoms with E-state index in [4.69, 9.17) is 4.42 Å². The van der Waals surface area contributed by atoms with Crippen LogP contribution in [0, 0.1) is 0 Å². The van der Waals surface area contributed by atoms with Gasteiger partial charge in [0.15, 0.2) is 17.3 Å². The Labute approximate surface area is 168 Å². The van der Waals surface area contributed by atoms with E-state index in [1.165, 1.54) is 0 Å². The second-order valence-corrected chi connectivity index (χ2v) is 9.16. The fourth-order valence-electron chi connectivity index (χ4n) is 3.95. The van der Waals surface area contributed by atoms with E-state index in [-0.39, 0.29) is 23.4 Å². The third kappa shape index (κ3) is 3.35. The van der Waals surface area contributed by atoms with Crippen molar-refractivity contribution < 1.29 is 17.6 Å². The smallest absolute Gasteiger partial charge is 0.257 e. The highest BCUT2D eigenvalue weighted by atomic mass is 32.2. The molecule has 0 saturated carbocycles. The molecule has 2 aromatic rings. The van der Waals surface area contributed by atoms with Crippen LogP contribution in [0.25, 0.3) is 11.1 Å². The maximum absolute atomic E-state index is 13.1. The highest BCUT2D eigenvalue weighted by molar-refractivity contribution is 7.90. The van der Waals surface area contributed by atoms with Crippen molar-refractivity contribution in [1.82, 2.24) is 14.8 Å². The molecule has 0 unspecified atom stereocenters. The zero-order valence-electron chi connectivity index (χ0n) is 15.7. The van der Waals surface area contributed by atoms with E-state index in [1.807, 2.05) is 24.3 Å². The van der Waals surface area contributed by atoms with Crippen molar-refractivity contribution in [3.05, 3.63) is 54.1 Å². The lowest BCUT2D eigenvalue weighted by Crippen LogP contribution is -2.45. The Morgan fingerprint density at radius 3 is 2.72 bits per heavy atom. The summed E-state index contributed by atoms with van der Waals surface area (Å²) in [6.45, 7) is 1.43. The van der Waals surface area contributed by atoms with Crippen LogP contribution in [-0.4, -0.2) is 60.3 Å². The Morgan fingerprint density at radius 2 is 1.93 bits per heavy atom. The molecule has 0 N–H and O–H groups in total. The van der Waals surface area contributed by atoms with Gasteiger partial charge in [0.2, 0.25) is 0 Å². The summed E-state index contributed by atoms with van der Waals surface area (Å²) in [6.07, 6.45) is 6.65. The number of aromatic nitrogens is 1. The van der Waals surface area contributed by atoms with Crippen LogP contribution in [0.4, 0.5) is 0 Å². The average Bonchev–Trinajstić information content (AvgIpc) is 3.17. The summed E-state index contributed by atoms with van der Waals surface area (Å²) in [5, 5.41) is 0. The zero-order valence-corrected chi connectivity index (χ0v) is 16.5. The minimum atomic E-state index is -3.53. The number of rotatable bonds is 2. The Balaban J connectivity index is 1.31. The van der Waals surface area contributed by atoms with Crippen LogP contribution in [0.15, 0.2) is 57.0 Å². The number of likely N-dealkylation sites (tertiary alicyclic amines) is 1. The molecule has 0 bridgehead atoms. The van der Waals surface area contributed by atoms with Crippen molar-refractivity contribution in [3.63, 3.8) is 0 Å². The predicted molar refractivity (Wildman–Crippen MR) is 108 cm³/mol. The summed E-state index contributed by atoms with van der Waals surface area (Å²) in [5.41, 5.74) is 1.95. The Morgan fingerprint density at radius 1 is 1.14 bits per heavy atom. The van der Waals surface area contributed by atoms with E-state index >= 15 is 0 Å². The number of allylic oxidation sites excluding steroid dienone is 2. The first kappa shape index (κ1) is 18.1. The molecule has 0 radical (unpaired) electrons. The number of fused-ring (bicyclic) bond motifs is 2. The maximum atomic E-state index is 13.1. The van der Waals surface area contributed by atoms with Gasteiger partial charge < -0.3 is 14.2 Å². The van der Waals surface area contributed by atoms with E-state index < -0.39 is 10.0 Å². The van der Waals surface area contributed by atoms with Gasteiger partial charge in [0.1, 0.15) is 5.52 Å². The third-order valence-corrected chi connectivity index (χ3v) is 6.68. The van der Waals surface area contributed by atoms with Crippen LogP contribution >= 0.6 is 0 Å². The SMILES string of the molecule is O=C(C1=CC=CN2CCS(=O)(=O)N=C12)N1CCC(c2nc3ccccc3o2)CC1. The fourth-order valence-corrected chi connectivity index (χ4v) is 4.93. The predicted octanol–water partition coefficient (Wildman–Crippen LogP) is 2.03. The average molecular weight is 412 g/mol. The number of amidine groups is 1. The van der Waals surface area contributed by atoms with Crippen LogP contribution in [0.2, 0.25) is 0 Å². The van der Waals surface area contributed by atoms with Gasteiger partial charge in [-0.25, -0.2) is 13.4 Å². The molecule has 4 heterocycles. The molecule has 1 fully saturated rings. The summed E-state index contributed by atoms with van der Waals surface area (Å²) in [4.78, 5) is 21.1. The quantitative estimate of drug-likeness (QED) is 0.749. The molecule has 0 aliphatic carbocycles. The van der Waals surface area contributed by atoms with E-state index in [0.29, 0.717) is 31.1 Å². The Kier molecular flexibility index (Phi) is 4.27. The molecule has 1 aromatic heterocycles. The van der Waals surface area contributed by atoms with E-state index in [2.05, 4.69) is 9.38 Å². The first-order valence-electron chi connectivity index (χ1n) is 9.63. The number of hydrogen-bond donors (Lipinski definition) is 0. The number of sulfonamides is 1. The molecule has 3 aliphatic heterocycles. The van der Waals surface area contributed by atoms with Gasteiger partial charge in [0, 0.05) is 31.8 Å². The number of carbonyl (C=O) groups excluding carboxylic acids is 1. The van der Waals surface area contributed by atoms with Gasteiger partial charge in [-0.3, -0.25) is 4.79 Å². The highest BCUT2D eigenvalue weighted by Crippen LogP contribution is 2.31.